The highest BCUT2D eigenvalue weighted by atomic mass is 19.1. The largest absolute Gasteiger partial charge is 0.479 e. The van der Waals surface area contributed by atoms with E-state index >= 15 is 0 Å². The van der Waals surface area contributed by atoms with Gasteiger partial charge in [-0.25, -0.2) is 18.7 Å². The summed E-state index contributed by atoms with van der Waals surface area (Å²) in [6.07, 6.45) is 3.58. The molecule has 3 heterocycles. The zero-order valence-electron chi connectivity index (χ0n) is 18.1. The molecule has 0 spiro atoms. The van der Waals surface area contributed by atoms with E-state index in [0.717, 1.165) is 23.0 Å². The van der Waals surface area contributed by atoms with Gasteiger partial charge in [-0.1, -0.05) is 0 Å². The van der Waals surface area contributed by atoms with Gasteiger partial charge in [0.2, 0.25) is 5.88 Å². The van der Waals surface area contributed by atoms with E-state index in [1.165, 1.54) is 12.1 Å². The van der Waals surface area contributed by atoms with Crippen molar-refractivity contribution in [3.05, 3.63) is 77.4 Å². The predicted molar refractivity (Wildman–Crippen MR) is 117 cm³/mol. The SMILES string of the molecule is COc1nc(-c2cc(C)c(NC(C)c3cc(F)cc(F)c3)nn2)ccc1-n1cnc(C)c1. The van der Waals surface area contributed by atoms with Gasteiger partial charge in [0.1, 0.15) is 23.0 Å². The predicted octanol–water partition coefficient (Wildman–Crippen LogP) is 4.80. The molecule has 0 saturated carbocycles. The lowest BCUT2D eigenvalue weighted by Crippen LogP contribution is -2.11. The summed E-state index contributed by atoms with van der Waals surface area (Å²) in [5, 5.41) is 11.7. The third kappa shape index (κ3) is 4.41. The van der Waals surface area contributed by atoms with E-state index < -0.39 is 11.6 Å². The van der Waals surface area contributed by atoms with Gasteiger partial charge in [0.05, 0.1) is 30.9 Å². The molecule has 4 rings (SSSR count). The number of rotatable bonds is 6. The fraction of sp³-hybridized carbons (Fsp3) is 0.217. The van der Waals surface area contributed by atoms with Crippen molar-refractivity contribution in [1.82, 2.24) is 24.7 Å². The maximum Gasteiger partial charge on any atom is 0.238 e. The van der Waals surface area contributed by atoms with Crippen LogP contribution in [0.25, 0.3) is 17.1 Å². The van der Waals surface area contributed by atoms with E-state index in [9.17, 15) is 8.78 Å². The van der Waals surface area contributed by atoms with Gasteiger partial charge >= 0.3 is 0 Å². The van der Waals surface area contributed by atoms with E-state index in [2.05, 4.69) is 25.5 Å². The van der Waals surface area contributed by atoms with Gasteiger partial charge in [0.25, 0.3) is 0 Å². The number of imidazole rings is 1. The molecule has 9 heteroatoms. The van der Waals surface area contributed by atoms with Crippen molar-refractivity contribution in [2.24, 2.45) is 0 Å². The molecule has 4 aromatic rings. The van der Waals surface area contributed by atoms with Gasteiger partial charge in [-0.05, 0) is 62.2 Å². The number of halogens is 2. The molecule has 0 aliphatic rings. The minimum absolute atomic E-state index is 0.366. The molecule has 0 bridgehead atoms. The number of pyridine rings is 1. The number of ether oxygens (including phenoxy) is 1. The first-order valence-corrected chi connectivity index (χ1v) is 9.97. The Morgan fingerprint density at radius 2 is 1.75 bits per heavy atom. The van der Waals surface area contributed by atoms with Crippen LogP contribution >= 0.6 is 0 Å². The number of nitrogens with zero attached hydrogens (tertiary/aromatic N) is 5. The Balaban J connectivity index is 1.59. The molecule has 32 heavy (non-hydrogen) atoms. The summed E-state index contributed by atoms with van der Waals surface area (Å²) in [6.45, 7) is 5.58. The van der Waals surface area contributed by atoms with Crippen LogP contribution in [0.3, 0.4) is 0 Å². The number of hydrogen-bond acceptors (Lipinski definition) is 6. The highest BCUT2D eigenvalue weighted by Crippen LogP contribution is 2.27. The van der Waals surface area contributed by atoms with Gasteiger partial charge in [0, 0.05) is 12.3 Å². The number of hydrogen-bond donors (Lipinski definition) is 1. The summed E-state index contributed by atoms with van der Waals surface area (Å²) in [5.74, 6) is -0.297. The van der Waals surface area contributed by atoms with Crippen molar-refractivity contribution in [2.45, 2.75) is 26.8 Å². The Hall–Kier alpha value is -3.88. The van der Waals surface area contributed by atoms with Gasteiger partial charge < -0.3 is 14.6 Å². The van der Waals surface area contributed by atoms with Gasteiger partial charge in [-0.3, -0.25) is 0 Å². The first-order chi connectivity index (χ1) is 15.3. The van der Waals surface area contributed by atoms with Crippen molar-refractivity contribution in [1.29, 1.82) is 0 Å². The minimum Gasteiger partial charge on any atom is -0.479 e. The molecule has 0 amide bonds. The second kappa shape index (κ2) is 8.70. The fourth-order valence-corrected chi connectivity index (χ4v) is 3.34. The number of benzene rings is 1. The molecule has 1 aromatic carbocycles. The monoisotopic (exact) mass is 436 g/mol. The maximum absolute atomic E-state index is 13.5. The van der Waals surface area contributed by atoms with Crippen molar-refractivity contribution in [3.63, 3.8) is 0 Å². The van der Waals surface area contributed by atoms with Crippen molar-refractivity contribution < 1.29 is 13.5 Å². The van der Waals surface area contributed by atoms with E-state index in [4.69, 9.17) is 4.74 Å². The quantitative estimate of drug-likeness (QED) is 0.468. The fourth-order valence-electron chi connectivity index (χ4n) is 3.34. The van der Waals surface area contributed by atoms with Gasteiger partial charge in [-0.2, -0.15) is 0 Å². The lowest BCUT2D eigenvalue weighted by Gasteiger charge is -2.17. The number of aryl methyl sites for hydroxylation is 2. The molecular weight excluding hydrogens is 414 g/mol. The van der Waals surface area contributed by atoms with Crippen LogP contribution in [0.5, 0.6) is 5.88 Å². The van der Waals surface area contributed by atoms with Crippen LogP contribution in [0, 0.1) is 25.5 Å². The smallest absolute Gasteiger partial charge is 0.238 e. The van der Waals surface area contributed by atoms with E-state index in [-0.39, 0.29) is 6.04 Å². The zero-order chi connectivity index (χ0) is 22.8. The highest BCUT2D eigenvalue weighted by Gasteiger charge is 2.15. The van der Waals surface area contributed by atoms with Crippen molar-refractivity contribution in [3.8, 4) is 23.0 Å². The molecule has 0 radical (unpaired) electrons. The second-order valence-corrected chi connectivity index (χ2v) is 7.48. The molecule has 1 N–H and O–H groups in total. The average molecular weight is 436 g/mol. The Kier molecular flexibility index (Phi) is 5.81. The molecule has 164 valence electrons. The molecule has 1 unspecified atom stereocenters. The summed E-state index contributed by atoms with van der Waals surface area (Å²) in [6, 6.07) is 8.62. The molecule has 7 nitrogen and oxygen atoms in total. The Bertz CT molecular complexity index is 1250. The zero-order valence-corrected chi connectivity index (χ0v) is 18.1. The Morgan fingerprint density at radius 1 is 1.00 bits per heavy atom. The van der Waals surface area contributed by atoms with Crippen LogP contribution in [0.4, 0.5) is 14.6 Å². The molecule has 3 aromatic heterocycles. The molecule has 0 saturated heterocycles. The summed E-state index contributed by atoms with van der Waals surface area (Å²) >= 11 is 0. The van der Waals surface area contributed by atoms with Crippen LogP contribution in [0.2, 0.25) is 0 Å². The Morgan fingerprint density at radius 3 is 2.38 bits per heavy atom. The maximum atomic E-state index is 13.5. The second-order valence-electron chi connectivity index (χ2n) is 7.48. The molecule has 1 atom stereocenters. The van der Waals surface area contributed by atoms with Crippen LogP contribution in [-0.4, -0.2) is 31.8 Å². The lowest BCUT2D eigenvalue weighted by molar-refractivity contribution is 0.396. The number of anilines is 1. The molecule has 0 fully saturated rings. The third-order valence-electron chi connectivity index (χ3n) is 5.01. The van der Waals surface area contributed by atoms with Crippen LogP contribution < -0.4 is 10.1 Å². The average Bonchev–Trinajstić information content (AvgIpc) is 3.20. The lowest BCUT2D eigenvalue weighted by atomic mass is 10.1. The summed E-state index contributed by atoms with van der Waals surface area (Å²) in [7, 11) is 1.56. The number of aromatic nitrogens is 5. The van der Waals surface area contributed by atoms with Gasteiger partial charge in [0.15, 0.2) is 5.82 Å². The number of nitrogens with one attached hydrogen (secondary N) is 1. The molecule has 0 aliphatic carbocycles. The van der Waals surface area contributed by atoms with Gasteiger partial charge in [-0.15, -0.1) is 10.2 Å². The van der Waals surface area contributed by atoms with Crippen LogP contribution in [0.1, 0.15) is 29.8 Å². The topological polar surface area (TPSA) is 77.8 Å². The Labute approximate surface area is 184 Å². The number of methoxy groups -OCH3 is 1. The van der Waals surface area contributed by atoms with E-state index in [0.29, 0.717) is 28.6 Å². The highest BCUT2D eigenvalue weighted by molar-refractivity contribution is 5.61. The van der Waals surface area contributed by atoms with Crippen LogP contribution in [-0.2, 0) is 0 Å². The van der Waals surface area contributed by atoms with Crippen molar-refractivity contribution in [2.75, 3.05) is 12.4 Å². The molecule has 0 aliphatic heterocycles. The normalized spacial score (nSPS) is 11.9. The summed E-state index contributed by atoms with van der Waals surface area (Å²) in [5.41, 5.74) is 4.11. The standard InChI is InChI=1S/C23H22F2N6O/c1-13-7-20(19-5-6-21(23(28-19)32-4)31-11-14(2)26-12-31)29-30-22(13)27-15(3)16-8-17(24)10-18(25)9-16/h5-12,15H,1-4H3,(H,27,30). The first-order valence-electron chi connectivity index (χ1n) is 9.97. The van der Waals surface area contributed by atoms with Crippen molar-refractivity contribution >= 4 is 5.82 Å². The van der Waals surface area contributed by atoms with Crippen LogP contribution in [0.15, 0.2) is 48.9 Å². The van der Waals surface area contributed by atoms with E-state index in [1.807, 2.05) is 42.8 Å². The minimum atomic E-state index is -0.624. The first kappa shape index (κ1) is 21.4. The third-order valence-corrected chi connectivity index (χ3v) is 5.01. The summed E-state index contributed by atoms with van der Waals surface area (Å²) < 4.78 is 34.4. The summed E-state index contributed by atoms with van der Waals surface area (Å²) in [4.78, 5) is 8.80. The molecular formula is C23H22F2N6O. The van der Waals surface area contributed by atoms with E-state index in [1.54, 1.807) is 20.4 Å².